The third-order valence-electron chi connectivity index (χ3n) is 2.81. The minimum atomic E-state index is 0. The van der Waals surface area contributed by atoms with Gasteiger partial charge in [0.1, 0.15) is 0 Å². The molecule has 2 saturated heterocycles. The average molecular weight is 162 g/mol. The number of rotatable bonds is 0. The molecule has 1 N–H and O–H groups in total. The molecule has 2 heterocycles. The Morgan fingerprint density at radius 2 is 1.40 bits per heavy atom. The van der Waals surface area contributed by atoms with Gasteiger partial charge in [-0.15, -0.1) is 12.4 Å². The van der Waals surface area contributed by atoms with Gasteiger partial charge in [-0.3, -0.25) is 0 Å². The van der Waals surface area contributed by atoms with Gasteiger partial charge in [0.15, 0.2) is 0 Å². The van der Waals surface area contributed by atoms with Gasteiger partial charge in [0.25, 0.3) is 0 Å². The zero-order valence-corrected chi connectivity index (χ0v) is 7.55. The number of hydrogen-bond donors (Lipinski definition) is 1. The maximum Gasteiger partial charge on any atom is 0.000581 e. The zero-order valence-electron chi connectivity index (χ0n) is 6.74. The van der Waals surface area contributed by atoms with Gasteiger partial charge in [0.05, 0.1) is 0 Å². The second kappa shape index (κ2) is 2.12. The smallest absolute Gasteiger partial charge is 0.000581 e. The quantitative estimate of drug-likeness (QED) is 0.572. The van der Waals surface area contributed by atoms with E-state index in [0.29, 0.717) is 10.8 Å². The van der Waals surface area contributed by atoms with Crippen LogP contribution in [0.25, 0.3) is 0 Å². The third-order valence-corrected chi connectivity index (χ3v) is 2.81. The molecule has 0 aromatic carbocycles. The van der Waals surface area contributed by atoms with E-state index in [1.807, 2.05) is 0 Å². The van der Waals surface area contributed by atoms with Crippen LogP contribution in [0.1, 0.15) is 26.7 Å². The first-order chi connectivity index (χ1) is 4.12. The van der Waals surface area contributed by atoms with Crippen LogP contribution in [0.4, 0.5) is 0 Å². The maximum atomic E-state index is 3.47. The Bertz CT molecular complexity index is 124. The van der Waals surface area contributed by atoms with Gasteiger partial charge in [0.2, 0.25) is 0 Å². The molecule has 3 fully saturated rings. The molecule has 60 valence electrons. The predicted molar refractivity (Wildman–Crippen MR) is 45.6 cm³/mol. The summed E-state index contributed by atoms with van der Waals surface area (Å²) in [6.07, 6.45) is 2.90. The molecule has 0 atom stereocenters. The van der Waals surface area contributed by atoms with E-state index in [2.05, 4.69) is 19.2 Å². The second-order valence-electron chi connectivity index (χ2n) is 4.58. The third kappa shape index (κ3) is 1.06. The molecule has 0 aromatic heterocycles. The predicted octanol–water partition coefficient (Wildman–Crippen LogP) is 1.82. The van der Waals surface area contributed by atoms with Crippen molar-refractivity contribution in [1.29, 1.82) is 0 Å². The number of nitrogens with one attached hydrogen (secondary N) is 1. The van der Waals surface area contributed by atoms with E-state index in [-0.39, 0.29) is 12.4 Å². The van der Waals surface area contributed by atoms with E-state index in [9.17, 15) is 0 Å². The van der Waals surface area contributed by atoms with E-state index in [1.165, 1.54) is 25.9 Å². The fraction of sp³-hybridized carbons (Fsp3) is 1.00. The highest BCUT2D eigenvalue weighted by molar-refractivity contribution is 5.85. The molecule has 10 heavy (non-hydrogen) atoms. The molecule has 2 heteroatoms. The van der Waals surface area contributed by atoms with Crippen molar-refractivity contribution in [2.75, 3.05) is 13.1 Å². The number of piperidine rings is 2. The Balaban J connectivity index is 0.000000500. The SMILES string of the molecule is CC12CNCC(C)(C1)C2.Cl. The normalized spacial score (nSPS) is 51.0. The first-order valence-corrected chi connectivity index (χ1v) is 3.83. The van der Waals surface area contributed by atoms with Gasteiger partial charge in [-0.2, -0.15) is 0 Å². The van der Waals surface area contributed by atoms with E-state index in [4.69, 9.17) is 0 Å². The fourth-order valence-corrected chi connectivity index (χ4v) is 2.92. The van der Waals surface area contributed by atoms with Crippen molar-refractivity contribution in [3.8, 4) is 0 Å². The van der Waals surface area contributed by atoms with Crippen molar-refractivity contribution in [3.05, 3.63) is 0 Å². The molecule has 1 nitrogen and oxygen atoms in total. The molecular formula is C8H16ClN. The van der Waals surface area contributed by atoms with E-state index < -0.39 is 0 Å². The molecule has 0 spiro atoms. The zero-order chi connectivity index (χ0) is 6.54. The van der Waals surface area contributed by atoms with Gasteiger partial charge in [-0.25, -0.2) is 0 Å². The van der Waals surface area contributed by atoms with E-state index in [0.717, 1.165) is 0 Å². The summed E-state index contributed by atoms with van der Waals surface area (Å²) in [6, 6.07) is 0. The number of fused-ring (bicyclic) bond motifs is 2. The van der Waals surface area contributed by atoms with E-state index >= 15 is 0 Å². The first kappa shape index (κ1) is 8.35. The Hall–Kier alpha value is 0.250. The van der Waals surface area contributed by atoms with Gasteiger partial charge in [-0.05, 0) is 23.7 Å². The molecule has 0 radical (unpaired) electrons. The van der Waals surface area contributed by atoms with Crippen molar-refractivity contribution >= 4 is 12.4 Å². The van der Waals surface area contributed by atoms with Crippen molar-refractivity contribution in [1.82, 2.24) is 5.32 Å². The number of hydrogen-bond acceptors (Lipinski definition) is 1. The molecule has 0 aromatic rings. The van der Waals surface area contributed by atoms with Gasteiger partial charge in [0, 0.05) is 13.1 Å². The van der Waals surface area contributed by atoms with Crippen LogP contribution in [0, 0.1) is 10.8 Å². The molecule has 3 aliphatic rings. The van der Waals surface area contributed by atoms with Crippen LogP contribution in [-0.4, -0.2) is 13.1 Å². The molecule has 1 saturated carbocycles. The molecular weight excluding hydrogens is 146 g/mol. The lowest BCUT2D eigenvalue weighted by molar-refractivity contribution is -0.0487. The van der Waals surface area contributed by atoms with Gasteiger partial charge >= 0.3 is 0 Å². The summed E-state index contributed by atoms with van der Waals surface area (Å²) in [7, 11) is 0. The van der Waals surface area contributed by atoms with Crippen LogP contribution in [0.5, 0.6) is 0 Å². The Kier molecular flexibility index (Phi) is 1.77. The topological polar surface area (TPSA) is 12.0 Å². The van der Waals surface area contributed by atoms with Crippen molar-refractivity contribution in [3.63, 3.8) is 0 Å². The molecule has 3 rings (SSSR count). The van der Waals surface area contributed by atoms with Crippen LogP contribution in [0.2, 0.25) is 0 Å². The monoisotopic (exact) mass is 161 g/mol. The largest absolute Gasteiger partial charge is 0.316 e. The van der Waals surface area contributed by atoms with Gasteiger partial charge in [-0.1, -0.05) is 13.8 Å². The van der Waals surface area contributed by atoms with Crippen molar-refractivity contribution in [2.24, 2.45) is 10.8 Å². The summed E-state index contributed by atoms with van der Waals surface area (Å²) in [5.74, 6) is 0. The maximum absolute atomic E-state index is 3.47. The molecule has 2 bridgehead atoms. The summed E-state index contributed by atoms with van der Waals surface area (Å²) in [6.45, 7) is 7.28. The molecule has 0 amide bonds. The van der Waals surface area contributed by atoms with Crippen LogP contribution >= 0.6 is 12.4 Å². The average Bonchev–Trinajstić information content (AvgIpc) is 1.59. The number of halogens is 1. The van der Waals surface area contributed by atoms with Crippen LogP contribution in [0.3, 0.4) is 0 Å². The first-order valence-electron chi connectivity index (χ1n) is 3.83. The molecule has 2 aliphatic heterocycles. The van der Waals surface area contributed by atoms with E-state index in [1.54, 1.807) is 0 Å². The Morgan fingerprint density at radius 1 is 1.00 bits per heavy atom. The summed E-state index contributed by atoms with van der Waals surface area (Å²) in [5.41, 5.74) is 1.35. The summed E-state index contributed by atoms with van der Waals surface area (Å²) in [4.78, 5) is 0. The highest BCUT2D eigenvalue weighted by Gasteiger charge is 2.51. The lowest BCUT2D eigenvalue weighted by atomic mass is 9.52. The Morgan fingerprint density at radius 3 is 1.60 bits per heavy atom. The summed E-state index contributed by atoms with van der Waals surface area (Å²) >= 11 is 0. The standard InChI is InChI=1S/C8H15N.ClH/c1-7-3-8(2,4-7)6-9-5-7;/h9H,3-6H2,1-2H3;1H. The summed E-state index contributed by atoms with van der Waals surface area (Å²) < 4.78 is 0. The van der Waals surface area contributed by atoms with Crippen molar-refractivity contribution in [2.45, 2.75) is 26.7 Å². The molecule has 0 unspecified atom stereocenters. The van der Waals surface area contributed by atoms with Crippen LogP contribution in [0.15, 0.2) is 0 Å². The van der Waals surface area contributed by atoms with Gasteiger partial charge < -0.3 is 5.32 Å². The second-order valence-corrected chi connectivity index (χ2v) is 4.58. The minimum Gasteiger partial charge on any atom is -0.316 e. The Labute approximate surface area is 69.0 Å². The van der Waals surface area contributed by atoms with Crippen LogP contribution in [-0.2, 0) is 0 Å². The van der Waals surface area contributed by atoms with Crippen molar-refractivity contribution < 1.29 is 0 Å². The highest BCUT2D eigenvalue weighted by Crippen LogP contribution is 2.55. The van der Waals surface area contributed by atoms with Crippen LogP contribution < -0.4 is 5.32 Å². The lowest BCUT2D eigenvalue weighted by Gasteiger charge is -2.58. The minimum absolute atomic E-state index is 0. The fourth-order valence-electron chi connectivity index (χ4n) is 2.92. The summed E-state index contributed by atoms with van der Waals surface area (Å²) in [5, 5.41) is 3.47. The molecule has 1 aliphatic carbocycles. The highest BCUT2D eigenvalue weighted by atomic mass is 35.5. The lowest BCUT2D eigenvalue weighted by Crippen LogP contribution is -2.59.